The van der Waals surface area contributed by atoms with Gasteiger partial charge in [0.2, 0.25) is 0 Å². The normalized spacial score (nSPS) is 24.5. The number of hydrogen-bond donors (Lipinski definition) is 1. The monoisotopic (exact) mass is 324 g/mol. The van der Waals surface area contributed by atoms with Crippen LogP contribution in [0.3, 0.4) is 0 Å². The van der Waals surface area contributed by atoms with Gasteiger partial charge in [0.1, 0.15) is 0 Å². The first kappa shape index (κ1) is 15.1. The van der Waals surface area contributed by atoms with Gasteiger partial charge in [0.25, 0.3) is 0 Å². The zero-order valence-corrected chi connectivity index (χ0v) is 14.3. The van der Waals surface area contributed by atoms with E-state index in [1.54, 1.807) is 11.8 Å². The summed E-state index contributed by atoms with van der Waals surface area (Å²) in [5, 5.41) is 0. The number of piperidine rings is 1. The minimum atomic E-state index is 0.649. The molecule has 120 valence electrons. The van der Waals surface area contributed by atoms with Crippen molar-refractivity contribution in [1.82, 2.24) is 4.90 Å². The molecule has 2 heterocycles. The average Bonchev–Trinajstić information content (AvgIpc) is 3.02. The van der Waals surface area contributed by atoms with Crippen LogP contribution in [0.2, 0.25) is 0 Å². The lowest BCUT2D eigenvalue weighted by atomic mass is 10.0. The molecule has 2 nitrogen and oxygen atoms in total. The van der Waals surface area contributed by atoms with Crippen LogP contribution in [0.15, 0.2) is 58.3 Å². The van der Waals surface area contributed by atoms with E-state index in [-0.39, 0.29) is 0 Å². The Hall–Kier alpha value is -1.45. The molecule has 2 fully saturated rings. The van der Waals surface area contributed by atoms with Crippen molar-refractivity contribution in [2.45, 2.75) is 54.0 Å². The Kier molecular flexibility index (Phi) is 4.32. The molecule has 2 atom stereocenters. The Morgan fingerprint density at radius 3 is 2.26 bits per heavy atom. The highest BCUT2D eigenvalue weighted by molar-refractivity contribution is 7.99. The second kappa shape index (κ2) is 6.58. The Morgan fingerprint density at radius 1 is 0.826 bits per heavy atom. The molecule has 3 heteroatoms. The van der Waals surface area contributed by atoms with Crippen LogP contribution in [-0.4, -0.2) is 17.5 Å². The summed E-state index contributed by atoms with van der Waals surface area (Å²) in [6, 6.07) is 18.8. The molecule has 23 heavy (non-hydrogen) atoms. The molecule has 2 aliphatic heterocycles. The van der Waals surface area contributed by atoms with Crippen molar-refractivity contribution in [2.24, 2.45) is 0 Å². The first-order valence-corrected chi connectivity index (χ1v) is 9.50. The molecule has 2 aliphatic rings. The van der Waals surface area contributed by atoms with E-state index in [1.807, 2.05) is 12.1 Å². The van der Waals surface area contributed by atoms with Gasteiger partial charge in [-0.25, -0.2) is 0 Å². The van der Waals surface area contributed by atoms with Crippen LogP contribution in [0.1, 0.15) is 43.7 Å². The van der Waals surface area contributed by atoms with E-state index in [1.165, 1.54) is 54.0 Å². The first-order valence-electron chi connectivity index (χ1n) is 8.69. The summed E-state index contributed by atoms with van der Waals surface area (Å²) < 4.78 is 0. The molecule has 2 aromatic carbocycles. The predicted octanol–water partition coefficient (Wildman–Crippen LogP) is 5.11. The molecular weight excluding hydrogens is 300 g/mol. The van der Waals surface area contributed by atoms with Gasteiger partial charge in [-0.3, -0.25) is 4.90 Å². The molecule has 2 saturated heterocycles. The summed E-state index contributed by atoms with van der Waals surface area (Å²) in [7, 11) is 0. The smallest absolute Gasteiger partial charge is 0.0351 e. The van der Waals surface area contributed by atoms with Crippen LogP contribution >= 0.6 is 11.8 Å². The third-order valence-corrected chi connectivity index (χ3v) is 6.24. The third-order valence-electron chi connectivity index (χ3n) is 5.23. The number of nitrogens with two attached hydrogens (primary N) is 1. The van der Waals surface area contributed by atoms with Gasteiger partial charge < -0.3 is 5.73 Å². The Bertz CT molecular complexity index is 650. The minimum absolute atomic E-state index is 0.649. The van der Waals surface area contributed by atoms with Crippen LogP contribution in [0.5, 0.6) is 0 Å². The van der Waals surface area contributed by atoms with Gasteiger partial charge in [0.15, 0.2) is 0 Å². The lowest BCUT2D eigenvalue weighted by molar-refractivity contribution is 0.150. The van der Waals surface area contributed by atoms with Gasteiger partial charge in [-0.15, -0.1) is 0 Å². The topological polar surface area (TPSA) is 29.3 Å². The molecule has 0 aliphatic carbocycles. The maximum Gasteiger partial charge on any atom is 0.0351 e. The number of nitrogens with zero attached hydrogens (tertiary/aromatic N) is 1. The van der Waals surface area contributed by atoms with E-state index < -0.39 is 0 Å². The summed E-state index contributed by atoms with van der Waals surface area (Å²) in [5.74, 6) is 0. The standard InChI is InChI=1S/C20H24N2S/c21-16-6-11-19(12-7-16)23-18-9-4-15(5-10-18)20-13-8-17-3-1-2-14-22(17)20/h4-7,9-12,17,20H,1-3,8,13-14,21H2. The summed E-state index contributed by atoms with van der Waals surface area (Å²) in [5.41, 5.74) is 8.07. The molecular formula is C20H24N2S. The molecule has 2 N–H and O–H groups in total. The molecule has 4 rings (SSSR count). The summed E-state index contributed by atoms with van der Waals surface area (Å²) in [6.45, 7) is 1.29. The predicted molar refractivity (Wildman–Crippen MR) is 97.7 cm³/mol. The van der Waals surface area contributed by atoms with E-state index in [9.17, 15) is 0 Å². The van der Waals surface area contributed by atoms with E-state index in [0.717, 1.165) is 11.7 Å². The zero-order valence-electron chi connectivity index (χ0n) is 13.4. The van der Waals surface area contributed by atoms with Gasteiger partial charge in [0.05, 0.1) is 0 Å². The highest BCUT2D eigenvalue weighted by Gasteiger charge is 2.35. The first-order chi connectivity index (χ1) is 11.3. The summed E-state index contributed by atoms with van der Waals surface area (Å²) in [6.07, 6.45) is 6.91. The number of rotatable bonds is 3. The van der Waals surface area contributed by atoms with E-state index in [0.29, 0.717) is 6.04 Å². The fourth-order valence-corrected chi connectivity index (χ4v) is 4.86. The number of nitrogen functional groups attached to an aromatic ring is 1. The molecule has 2 aromatic rings. The molecule has 0 radical (unpaired) electrons. The molecule has 0 bridgehead atoms. The molecule has 0 aromatic heterocycles. The van der Waals surface area contributed by atoms with Crippen molar-refractivity contribution in [3.8, 4) is 0 Å². The van der Waals surface area contributed by atoms with Crippen molar-refractivity contribution in [3.63, 3.8) is 0 Å². The van der Waals surface area contributed by atoms with Crippen molar-refractivity contribution in [1.29, 1.82) is 0 Å². The van der Waals surface area contributed by atoms with E-state index in [2.05, 4.69) is 41.3 Å². The highest BCUT2D eigenvalue weighted by atomic mass is 32.2. The molecule has 0 amide bonds. The maximum atomic E-state index is 5.75. The van der Waals surface area contributed by atoms with Gasteiger partial charge in [-0.2, -0.15) is 0 Å². The largest absolute Gasteiger partial charge is 0.399 e. The number of hydrogen-bond acceptors (Lipinski definition) is 3. The highest BCUT2D eigenvalue weighted by Crippen LogP contribution is 2.40. The van der Waals surface area contributed by atoms with Crippen molar-refractivity contribution < 1.29 is 0 Å². The second-order valence-corrected chi connectivity index (χ2v) is 7.87. The van der Waals surface area contributed by atoms with E-state index >= 15 is 0 Å². The number of fused-ring (bicyclic) bond motifs is 1. The third kappa shape index (κ3) is 3.26. The van der Waals surface area contributed by atoms with Crippen LogP contribution in [0.4, 0.5) is 5.69 Å². The fraction of sp³-hybridized carbons (Fsp3) is 0.400. The van der Waals surface area contributed by atoms with E-state index in [4.69, 9.17) is 5.73 Å². The number of benzene rings is 2. The van der Waals surface area contributed by atoms with Crippen LogP contribution < -0.4 is 5.73 Å². The van der Waals surface area contributed by atoms with Crippen LogP contribution in [0.25, 0.3) is 0 Å². The average molecular weight is 324 g/mol. The fourth-order valence-electron chi connectivity index (χ4n) is 4.05. The summed E-state index contributed by atoms with van der Waals surface area (Å²) in [4.78, 5) is 5.29. The molecule has 0 saturated carbocycles. The van der Waals surface area contributed by atoms with Gasteiger partial charge in [-0.1, -0.05) is 30.3 Å². The Balaban J connectivity index is 1.46. The van der Waals surface area contributed by atoms with Gasteiger partial charge in [-0.05, 0) is 74.2 Å². The number of anilines is 1. The van der Waals surface area contributed by atoms with Crippen molar-refractivity contribution in [3.05, 3.63) is 54.1 Å². The lowest BCUT2D eigenvalue weighted by Gasteiger charge is -2.34. The SMILES string of the molecule is Nc1ccc(Sc2ccc(C3CCC4CCCCN43)cc2)cc1. The van der Waals surface area contributed by atoms with Crippen molar-refractivity contribution in [2.75, 3.05) is 12.3 Å². The summed E-state index contributed by atoms with van der Waals surface area (Å²) >= 11 is 1.80. The van der Waals surface area contributed by atoms with Crippen LogP contribution in [-0.2, 0) is 0 Å². The zero-order chi connectivity index (χ0) is 15.6. The lowest BCUT2D eigenvalue weighted by Crippen LogP contribution is -2.35. The quantitative estimate of drug-likeness (QED) is 0.796. The molecule has 2 unspecified atom stereocenters. The maximum absolute atomic E-state index is 5.75. The molecule has 0 spiro atoms. The van der Waals surface area contributed by atoms with Gasteiger partial charge in [0, 0.05) is 27.6 Å². The Labute approximate surface area is 143 Å². The Morgan fingerprint density at radius 2 is 1.52 bits per heavy atom. The minimum Gasteiger partial charge on any atom is -0.399 e. The van der Waals surface area contributed by atoms with Crippen molar-refractivity contribution >= 4 is 17.4 Å². The second-order valence-electron chi connectivity index (χ2n) is 6.72. The van der Waals surface area contributed by atoms with Crippen LogP contribution in [0, 0.1) is 0 Å². The van der Waals surface area contributed by atoms with Gasteiger partial charge >= 0.3 is 0 Å².